The van der Waals surface area contributed by atoms with Crippen molar-refractivity contribution in [2.24, 2.45) is 5.41 Å². The Hall–Kier alpha value is -2.11. The summed E-state index contributed by atoms with van der Waals surface area (Å²) in [6.45, 7) is 7.05. The lowest BCUT2D eigenvalue weighted by Gasteiger charge is -2.17. The van der Waals surface area contributed by atoms with Crippen LogP contribution < -0.4 is 16.6 Å². The second-order valence-corrected chi connectivity index (χ2v) is 5.82. The van der Waals surface area contributed by atoms with Gasteiger partial charge in [0.05, 0.1) is 5.56 Å². The van der Waals surface area contributed by atoms with Crippen molar-refractivity contribution in [2.75, 3.05) is 6.54 Å². The van der Waals surface area contributed by atoms with Crippen LogP contribution in [0, 0.1) is 5.41 Å². The third-order valence-electron chi connectivity index (χ3n) is 2.67. The van der Waals surface area contributed by atoms with Gasteiger partial charge >= 0.3 is 5.69 Å². The molecule has 0 aliphatic carbocycles. The largest absolute Gasteiger partial charge is 0.353 e. The highest BCUT2D eigenvalue weighted by Gasteiger charge is 2.09. The molecule has 0 saturated heterocycles. The Kier molecular flexibility index (Phi) is 5.49. The molecule has 1 heterocycles. The predicted octanol–water partition coefficient (Wildman–Crippen LogP) is 1.02. The standard InChI is InChI=1S/C14H21N3O3/c1-14(2,3)7-4-8-15-11(18)6-5-10-9-16-13(20)17-12(10)19/h5-6,9H,4,7-8H2,1-3H3,(H,15,18)(H2,16,17,19,20)/b6-5+. The van der Waals surface area contributed by atoms with E-state index in [0.717, 1.165) is 12.8 Å². The minimum atomic E-state index is -0.571. The van der Waals surface area contributed by atoms with Gasteiger partial charge in [0.25, 0.3) is 5.56 Å². The van der Waals surface area contributed by atoms with Crippen LogP contribution >= 0.6 is 0 Å². The van der Waals surface area contributed by atoms with Gasteiger partial charge in [0.2, 0.25) is 5.91 Å². The Morgan fingerprint density at radius 2 is 2.05 bits per heavy atom. The number of aromatic nitrogens is 2. The molecule has 110 valence electrons. The first-order valence-electron chi connectivity index (χ1n) is 6.56. The Morgan fingerprint density at radius 1 is 1.35 bits per heavy atom. The number of rotatable bonds is 5. The van der Waals surface area contributed by atoms with Gasteiger partial charge < -0.3 is 10.3 Å². The lowest BCUT2D eigenvalue weighted by Crippen LogP contribution is -2.24. The third-order valence-corrected chi connectivity index (χ3v) is 2.67. The van der Waals surface area contributed by atoms with Crippen LogP contribution in [0.3, 0.4) is 0 Å². The Morgan fingerprint density at radius 3 is 2.65 bits per heavy atom. The second-order valence-electron chi connectivity index (χ2n) is 5.82. The second kappa shape index (κ2) is 6.88. The van der Waals surface area contributed by atoms with E-state index in [1.54, 1.807) is 0 Å². The molecule has 3 N–H and O–H groups in total. The fraction of sp³-hybridized carbons (Fsp3) is 0.500. The summed E-state index contributed by atoms with van der Waals surface area (Å²) in [6.07, 6.45) is 5.84. The van der Waals surface area contributed by atoms with Crippen LogP contribution in [0.5, 0.6) is 0 Å². The number of nitrogens with one attached hydrogen (secondary N) is 3. The van der Waals surface area contributed by atoms with Crippen LogP contribution in [-0.2, 0) is 4.79 Å². The first-order chi connectivity index (χ1) is 9.28. The molecule has 0 bridgehead atoms. The molecule has 0 radical (unpaired) electrons. The molecule has 1 amide bonds. The van der Waals surface area contributed by atoms with Gasteiger partial charge in [-0.05, 0) is 24.3 Å². The van der Waals surface area contributed by atoms with Gasteiger partial charge in [0.15, 0.2) is 0 Å². The maximum absolute atomic E-state index is 11.5. The maximum atomic E-state index is 11.5. The van der Waals surface area contributed by atoms with Gasteiger partial charge in [-0.25, -0.2) is 4.79 Å². The molecule has 20 heavy (non-hydrogen) atoms. The van der Waals surface area contributed by atoms with Crippen molar-refractivity contribution in [2.45, 2.75) is 33.6 Å². The first-order valence-corrected chi connectivity index (χ1v) is 6.56. The van der Waals surface area contributed by atoms with Gasteiger partial charge in [0, 0.05) is 18.8 Å². The van der Waals surface area contributed by atoms with Crippen molar-refractivity contribution in [1.29, 1.82) is 0 Å². The fourth-order valence-corrected chi connectivity index (χ4v) is 1.60. The topological polar surface area (TPSA) is 94.8 Å². The summed E-state index contributed by atoms with van der Waals surface area (Å²) in [4.78, 5) is 38.1. The van der Waals surface area contributed by atoms with Crippen molar-refractivity contribution in [3.05, 3.63) is 38.7 Å². The van der Waals surface area contributed by atoms with Gasteiger partial charge in [-0.3, -0.25) is 14.6 Å². The smallest absolute Gasteiger partial charge is 0.325 e. The average molecular weight is 279 g/mol. The van der Waals surface area contributed by atoms with Crippen LogP contribution in [0.2, 0.25) is 0 Å². The lowest BCUT2D eigenvalue weighted by molar-refractivity contribution is -0.116. The molecule has 6 heteroatoms. The highest BCUT2D eigenvalue weighted by molar-refractivity contribution is 5.91. The van der Waals surface area contributed by atoms with Crippen molar-refractivity contribution >= 4 is 12.0 Å². The van der Waals surface area contributed by atoms with Crippen molar-refractivity contribution in [3.8, 4) is 0 Å². The van der Waals surface area contributed by atoms with E-state index >= 15 is 0 Å². The zero-order chi connectivity index (χ0) is 15.2. The van der Waals surface area contributed by atoms with Crippen molar-refractivity contribution in [1.82, 2.24) is 15.3 Å². The zero-order valence-electron chi connectivity index (χ0n) is 12.1. The summed E-state index contributed by atoms with van der Waals surface area (Å²) in [5, 5.41) is 2.75. The summed E-state index contributed by atoms with van der Waals surface area (Å²) < 4.78 is 0. The van der Waals surface area contributed by atoms with E-state index in [4.69, 9.17) is 0 Å². The van der Waals surface area contributed by atoms with Gasteiger partial charge in [-0.1, -0.05) is 20.8 Å². The summed E-state index contributed by atoms with van der Waals surface area (Å²) in [5.41, 5.74) is -0.609. The highest BCUT2D eigenvalue weighted by atomic mass is 16.2. The average Bonchev–Trinajstić information content (AvgIpc) is 2.32. The van der Waals surface area contributed by atoms with Crippen molar-refractivity contribution in [3.63, 3.8) is 0 Å². The molecule has 6 nitrogen and oxygen atoms in total. The molecule has 0 aromatic carbocycles. The number of aromatic amines is 2. The minimum absolute atomic E-state index is 0.231. The zero-order valence-corrected chi connectivity index (χ0v) is 12.1. The Balaban J connectivity index is 2.44. The summed E-state index contributed by atoms with van der Waals surface area (Å²) >= 11 is 0. The first kappa shape index (κ1) is 15.9. The molecule has 1 aromatic rings. The number of carbonyl (C=O) groups is 1. The van der Waals surface area contributed by atoms with E-state index in [1.165, 1.54) is 18.3 Å². The van der Waals surface area contributed by atoms with Crippen molar-refractivity contribution < 1.29 is 4.79 Å². The molecule has 1 rings (SSSR count). The molecule has 1 aromatic heterocycles. The predicted molar refractivity (Wildman–Crippen MR) is 78.4 cm³/mol. The normalized spacial score (nSPS) is 11.8. The number of H-pyrrole nitrogens is 2. The summed E-state index contributed by atoms with van der Waals surface area (Å²) in [5.74, 6) is -0.260. The van der Waals surface area contributed by atoms with E-state index in [2.05, 4.69) is 36.1 Å². The Labute approximate surface area is 117 Å². The van der Waals surface area contributed by atoms with E-state index in [0.29, 0.717) is 6.54 Å². The monoisotopic (exact) mass is 279 g/mol. The molecule has 0 aliphatic rings. The van der Waals surface area contributed by atoms with Gasteiger partial charge in [0.1, 0.15) is 0 Å². The van der Waals surface area contributed by atoms with Crippen LogP contribution in [0.25, 0.3) is 6.08 Å². The third kappa shape index (κ3) is 6.17. The number of hydrogen-bond donors (Lipinski definition) is 3. The molecule has 0 saturated carbocycles. The Bertz CT molecular complexity index is 591. The van der Waals surface area contributed by atoms with E-state index < -0.39 is 11.2 Å². The van der Waals surface area contributed by atoms with E-state index in [-0.39, 0.29) is 16.9 Å². The summed E-state index contributed by atoms with van der Waals surface area (Å²) in [7, 11) is 0. The van der Waals surface area contributed by atoms with Crippen LogP contribution in [0.4, 0.5) is 0 Å². The van der Waals surface area contributed by atoms with Gasteiger partial charge in [-0.15, -0.1) is 0 Å². The van der Waals surface area contributed by atoms with Crippen LogP contribution in [0.15, 0.2) is 21.9 Å². The number of hydrogen-bond acceptors (Lipinski definition) is 3. The molecule has 0 unspecified atom stereocenters. The van der Waals surface area contributed by atoms with E-state index in [9.17, 15) is 14.4 Å². The molecule has 0 atom stereocenters. The molecular weight excluding hydrogens is 258 g/mol. The SMILES string of the molecule is CC(C)(C)CCCNC(=O)/C=C/c1c[nH]c(=O)[nH]c1=O. The highest BCUT2D eigenvalue weighted by Crippen LogP contribution is 2.19. The molecule has 0 fully saturated rings. The van der Waals surface area contributed by atoms with E-state index in [1.807, 2.05) is 0 Å². The number of amides is 1. The van der Waals surface area contributed by atoms with Crippen LogP contribution in [-0.4, -0.2) is 22.4 Å². The quantitative estimate of drug-likeness (QED) is 0.554. The lowest BCUT2D eigenvalue weighted by atomic mass is 9.91. The summed E-state index contributed by atoms with van der Waals surface area (Å²) in [6, 6.07) is 0. The number of carbonyl (C=O) groups excluding carboxylic acids is 1. The molecule has 0 aliphatic heterocycles. The minimum Gasteiger partial charge on any atom is -0.353 e. The fourth-order valence-electron chi connectivity index (χ4n) is 1.60. The van der Waals surface area contributed by atoms with Gasteiger partial charge in [-0.2, -0.15) is 0 Å². The van der Waals surface area contributed by atoms with Crippen LogP contribution in [0.1, 0.15) is 39.2 Å². The maximum Gasteiger partial charge on any atom is 0.325 e. The molecule has 0 spiro atoms. The molecular formula is C14H21N3O3.